The number of fused-ring (bicyclic) bond motifs is 1. The van der Waals surface area contributed by atoms with Crippen molar-refractivity contribution in [1.82, 2.24) is 4.98 Å². The number of ketones is 1. The molecule has 5 nitrogen and oxygen atoms in total. The van der Waals surface area contributed by atoms with Gasteiger partial charge in [-0.2, -0.15) is 0 Å². The van der Waals surface area contributed by atoms with Crippen LogP contribution in [0.3, 0.4) is 0 Å². The van der Waals surface area contributed by atoms with E-state index >= 15 is 0 Å². The summed E-state index contributed by atoms with van der Waals surface area (Å²) >= 11 is 1.53. The molecule has 6 heteroatoms. The monoisotopic (exact) mass is 408 g/mol. The van der Waals surface area contributed by atoms with Crippen molar-refractivity contribution >= 4 is 38.4 Å². The zero-order valence-corrected chi connectivity index (χ0v) is 17.5. The lowest BCUT2D eigenvalue weighted by atomic mass is 10.1. The van der Waals surface area contributed by atoms with Crippen molar-refractivity contribution in [3.05, 3.63) is 59.2 Å². The summed E-state index contributed by atoms with van der Waals surface area (Å²) in [5, 5.41) is 0.685. The van der Waals surface area contributed by atoms with Crippen LogP contribution in [-0.4, -0.2) is 35.9 Å². The highest BCUT2D eigenvalue weighted by Crippen LogP contribution is 2.31. The molecule has 1 amide bonds. The third-order valence-electron chi connectivity index (χ3n) is 5.27. The van der Waals surface area contributed by atoms with E-state index in [1.165, 1.54) is 23.8 Å². The van der Waals surface area contributed by atoms with Crippen molar-refractivity contribution in [2.75, 3.05) is 18.1 Å². The number of anilines is 1. The van der Waals surface area contributed by atoms with Crippen molar-refractivity contribution < 1.29 is 14.3 Å². The van der Waals surface area contributed by atoms with E-state index in [2.05, 4.69) is 19.1 Å². The molecule has 1 unspecified atom stereocenters. The van der Waals surface area contributed by atoms with Gasteiger partial charge in [-0.15, -0.1) is 0 Å². The van der Waals surface area contributed by atoms with Crippen molar-refractivity contribution in [3.8, 4) is 0 Å². The van der Waals surface area contributed by atoms with Crippen molar-refractivity contribution in [2.45, 2.75) is 39.2 Å². The van der Waals surface area contributed by atoms with E-state index in [1.54, 1.807) is 29.2 Å². The van der Waals surface area contributed by atoms with E-state index in [4.69, 9.17) is 9.72 Å². The topological polar surface area (TPSA) is 59.5 Å². The van der Waals surface area contributed by atoms with E-state index < -0.39 is 0 Å². The Kier molecular flexibility index (Phi) is 5.74. The fourth-order valence-electron chi connectivity index (χ4n) is 3.54. The molecule has 1 aliphatic rings. The third kappa shape index (κ3) is 4.23. The first-order valence-corrected chi connectivity index (χ1v) is 10.8. The van der Waals surface area contributed by atoms with Crippen LogP contribution in [-0.2, 0) is 11.2 Å². The van der Waals surface area contributed by atoms with Gasteiger partial charge in [0, 0.05) is 17.7 Å². The average Bonchev–Trinajstić information content (AvgIpc) is 3.40. The van der Waals surface area contributed by atoms with Gasteiger partial charge in [-0.1, -0.05) is 36.5 Å². The molecule has 1 aromatic heterocycles. The quantitative estimate of drug-likeness (QED) is 0.545. The van der Waals surface area contributed by atoms with Gasteiger partial charge < -0.3 is 4.74 Å². The van der Waals surface area contributed by atoms with Gasteiger partial charge in [-0.3, -0.25) is 14.5 Å². The minimum absolute atomic E-state index is 0.0156. The van der Waals surface area contributed by atoms with Crippen LogP contribution in [0.15, 0.2) is 42.5 Å². The van der Waals surface area contributed by atoms with Crippen LogP contribution in [0, 0.1) is 0 Å². The molecular weight excluding hydrogens is 384 g/mol. The SMILES string of the molecule is CCc1ccc2nc(N(CC3CCCO3)C(=O)c3ccc(C(C)=O)cc3)sc2c1. The van der Waals surface area contributed by atoms with E-state index in [-0.39, 0.29) is 17.8 Å². The molecule has 0 radical (unpaired) electrons. The van der Waals surface area contributed by atoms with Crippen molar-refractivity contribution in [3.63, 3.8) is 0 Å². The fourth-order valence-corrected chi connectivity index (χ4v) is 4.57. The predicted molar refractivity (Wildman–Crippen MR) is 116 cm³/mol. The first kappa shape index (κ1) is 19.7. The molecule has 0 saturated carbocycles. The van der Waals surface area contributed by atoms with Crippen LogP contribution in [0.1, 0.15) is 53.0 Å². The lowest BCUT2D eigenvalue weighted by Gasteiger charge is -2.23. The number of hydrogen-bond donors (Lipinski definition) is 0. The Bertz CT molecular complexity index is 1040. The molecule has 4 rings (SSSR count). The smallest absolute Gasteiger partial charge is 0.260 e. The highest BCUT2D eigenvalue weighted by Gasteiger charge is 2.27. The maximum absolute atomic E-state index is 13.4. The number of amides is 1. The molecule has 0 aliphatic carbocycles. The highest BCUT2D eigenvalue weighted by atomic mass is 32.1. The Morgan fingerprint density at radius 2 is 1.93 bits per heavy atom. The van der Waals surface area contributed by atoms with Gasteiger partial charge >= 0.3 is 0 Å². The number of ether oxygens (including phenoxy) is 1. The molecule has 2 aromatic carbocycles. The first-order chi connectivity index (χ1) is 14.0. The molecule has 0 spiro atoms. The Hall–Kier alpha value is -2.57. The Balaban J connectivity index is 1.68. The van der Waals surface area contributed by atoms with Gasteiger partial charge in [0.1, 0.15) is 0 Å². The third-order valence-corrected chi connectivity index (χ3v) is 6.32. The lowest BCUT2D eigenvalue weighted by Crippen LogP contribution is -2.37. The summed E-state index contributed by atoms with van der Waals surface area (Å²) in [7, 11) is 0. The van der Waals surface area contributed by atoms with Gasteiger partial charge in [0.25, 0.3) is 5.91 Å². The molecule has 29 heavy (non-hydrogen) atoms. The molecule has 1 aliphatic heterocycles. The van der Waals surface area contributed by atoms with E-state index in [1.807, 2.05) is 6.07 Å². The molecule has 0 bridgehead atoms. The summed E-state index contributed by atoms with van der Waals surface area (Å²) < 4.78 is 6.87. The number of aromatic nitrogens is 1. The molecule has 150 valence electrons. The number of carbonyl (C=O) groups is 2. The molecule has 0 N–H and O–H groups in total. The predicted octanol–water partition coefficient (Wildman–Crippen LogP) is 4.89. The Labute approximate surface area is 174 Å². The summed E-state index contributed by atoms with van der Waals surface area (Å²) in [5.74, 6) is -0.136. The Morgan fingerprint density at radius 3 is 2.59 bits per heavy atom. The van der Waals surface area contributed by atoms with E-state index in [9.17, 15) is 9.59 Å². The summed E-state index contributed by atoms with van der Waals surface area (Å²) in [4.78, 5) is 31.4. The number of Topliss-reactive ketones (excluding diaryl/α,β-unsaturated/α-hetero) is 1. The number of aryl methyl sites for hydroxylation is 1. The minimum atomic E-state index is -0.120. The van der Waals surface area contributed by atoms with Crippen LogP contribution in [0.4, 0.5) is 5.13 Å². The lowest BCUT2D eigenvalue weighted by molar-refractivity contribution is 0.0916. The van der Waals surface area contributed by atoms with Gasteiger partial charge in [0.2, 0.25) is 0 Å². The zero-order valence-electron chi connectivity index (χ0n) is 16.7. The van der Waals surface area contributed by atoms with Gasteiger partial charge in [-0.05, 0) is 56.0 Å². The fraction of sp³-hybridized carbons (Fsp3) is 0.348. The number of benzene rings is 2. The summed E-state index contributed by atoms with van der Waals surface area (Å²) in [6.07, 6.45) is 2.94. The summed E-state index contributed by atoms with van der Waals surface area (Å²) in [5.41, 5.74) is 3.30. The second kappa shape index (κ2) is 8.43. The standard InChI is InChI=1S/C23H24N2O3S/c1-3-16-6-11-20-21(13-16)29-23(24-20)25(14-19-5-4-12-28-19)22(27)18-9-7-17(8-10-18)15(2)26/h6-11,13,19H,3-5,12,14H2,1-2H3. The van der Waals surface area contributed by atoms with Crippen LogP contribution < -0.4 is 4.90 Å². The maximum atomic E-state index is 13.4. The zero-order chi connectivity index (χ0) is 20.4. The van der Waals surface area contributed by atoms with E-state index in [0.29, 0.717) is 22.8 Å². The normalized spacial score (nSPS) is 16.3. The maximum Gasteiger partial charge on any atom is 0.260 e. The number of nitrogens with zero attached hydrogens (tertiary/aromatic N) is 2. The number of rotatable bonds is 6. The number of thiazole rings is 1. The van der Waals surface area contributed by atoms with Crippen molar-refractivity contribution in [2.24, 2.45) is 0 Å². The molecule has 3 aromatic rings. The molecular formula is C23H24N2O3S. The van der Waals surface area contributed by atoms with Crippen molar-refractivity contribution in [1.29, 1.82) is 0 Å². The van der Waals surface area contributed by atoms with Gasteiger partial charge in [0.05, 0.1) is 22.9 Å². The van der Waals surface area contributed by atoms with E-state index in [0.717, 1.165) is 36.1 Å². The number of carbonyl (C=O) groups excluding carboxylic acids is 2. The summed E-state index contributed by atoms with van der Waals surface area (Å²) in [6.45, 7) is 4.86. The second-order valence-corrected chi connectivity index (χ2v) is 8.35. The Morgan fingerprint density at radius 1 is 1.17 bits per heavy atom. The molecule has 1 saturated heterocycles. The minimum Gasteiger partial charge on any atom is -0.376 e. The highest BCUT2D eigenvalue weighted by molar-refractivity contribution is 7.22. The molecule has 1 atom stereocenters. The van der Waals surface area contributed by atoms with Gasteiger partial charge in [0.15, 0.2) is 10.9 Å². The van der Waals surface area contributed by atoms with Gasteiger partial charge in [-0.25, -0.2) is 4.98 Å². The average molecular weight is 409 g/mol. The van der Waals surface area contributed by atoms with Crippen LogP contribution in [0.2, 0.25) is 0 Å². The number of hydrogen-bond acceptors (Lipinski definition) is 5. The van der Waals surface area contributed by atoms with Crippen LogP contribution in [0.5, 0.6) is 0 Å². The second-order valence-electron chi connectivity index (χ2n) is 7.34. The largest absolute Gasteiger partial charge is 0.376 e. The molecule has 1 fully saturated rings. The summed E-state index contributed by atoms with van der Waals surface area (Å²) in [6, 6.07) is 13.1. The van der Waals surface area contributed by atoms with Crippen LogP contribution >= 0.6 is 11.3 Å². The molecule has 2 heterocycles. The first-order valence-electron chi connectivity index (χ1n) is 9.99. The van der Waals surface area contributed by atoms with Crippen LogP contribution in [0.25, 0.3) is 10.2 Å².